The Kier molecular flexibility index (Phi) is 7.00. The number of benzene rings is 1. The first-order valence-corrected chi connectivity index (χ1v) is 11.6. The molecule has 2 heterocycles. The molecule has 27 heavy (non-hydrogen) atoms. The smallest absolute Gasteiger partial charge is 0.258 e. The van der Waals surface area contributed by atoms with Crippen molar-refractivity contribution < 1.29 is 9.59 Å². The lowest BCUT2D eigenvalue weighted by molar-refractivity contribution is -0.131. The topological polar surface area (TPSA) is 54.7 Å². The lowest BCUT2D eigenvalue weighted by Gasteiger charge is -2.33. The second-order valence-corrected chi connectivity index (χ2v) is 9.10. The van der Waals surface area contributed by atoms with Crippen LogP contribution in [-0.4, -0.2) is 45.4 Å². The van der Waals surface area contributed by atoms with Gasteiger partial charge in [0.2, 0.25) is 5.91 Å². The lowest BCUT2D eigenvalue weighted by Crippen LogP contribution is -2.43. The van der Waals surface area contributed by atoms with Crippen LogP contribution in [0.5, 0.6) is 0 Å². The first-order chi connectivity index (χ1) is 13.0. The second-order valence-electron chi connectivity index (χ2n) is 6.67. The summed E-state index contributed by atoms with van der Waals surface area (Å²) in [6, 6.07) is 6.00. The zero-order chi connectivity index (χ0) is 19.4. The zero-order valence-corrected chi connectivity index (χ0v) is 18.0. The van der Waals surface area contributed by atoms with Gasteiger partial charge in [0.1, 0.15) is 0 Å². The Morgan fingerprint density at radius 3 is 2.89 bits per heavy atom. The van der Waals surface area contributed by atoms with Crippen LogP contribution in [0.15, 0.2) is 23.2 Å². The van der Waals surface area contributed by atoms with Crippen LogP contribution in [0, 0.1) is 0 Å². The van der Waals surface area contributed by atoms with Crippen LogP contribution in [0.25, 0.3) is 10.2 Å². The van der Waals surface area contributed by atoms with Crippen molar-refractivity contribution in [1.82, 2.24) is 9.47 Å². The van der Waals surface area contributed by atoms with Crippen molar-refractivity contribution >= 4 is 56.7 Å². The number of carbonyl (C=O) groups excluding carboxylic acids is 2. The molecule has 5 nitrogen and oxygen atoms in total. The summed E-state index contributed by atoms with van der Waals surface area (Å²) in [4.78, 5) is 31.5. The van der Waals surface area contributed by atoms with Crippen molar-refractivity contribution in [2.75, 3.05) is 18.1 Å². The number of fused-ring (bicyclic) bond motifs is 1. The Balaban J connectivity index is 1.63. The molecule has 2 aromatic rings. The molecule has 2 amide bonds. The van der Waals surface area contributed by atoms with Crippen LogP contribution in [0.4, 0.5) is 0 Å². The molecule has 1 aromatic heterocycles. The van der Waals surface area contributed by atoms with Gasteiger partial charge >= 0.3 is 0 Å². The maximum absolute atomic E-state index is 12.3. The van der Waals surface area contributed by atoms with Crippen LogP contribution in [0.1, 0.15) is 33.1 Å². The summed E-state index contributed by atoms with van der Waals surface area (Å²) >= 11 is 8.87. The third-order valence-electron chi connectivity index (χ3n) is 4.76. The maximum Gasteiger partial charge on any atom is 0.258 e. The summed E-state index contributed by atoms with van der Waals surface area (Å²) in [5.41, 5.74) is 1.03. The zero-order valence-electron chi connectivity index (χ0n) is 15.6. The van der Waals surface area contributed by atoms with Gasteiger partial charge in [0.25, 0.3) is 5.91 Å². The van der Waals surface area contributed by atoms with Gasteiger partial charge in [-0.05, 0) is 51.3 Å². The molecule has 1 atom stereocenters. The van der Waals surface area contributed by atoms with E-state index in [0.717, 1.165) is 36.1 Å². The highest BCUT2D eigenvalue weighted by atomic mass is 35.5. The minimum Gasteiger partial charge on any atom is -0.339 e. The van der Waals surface area contributed by atoms with Crippen molar-refractivity contribution in [1.29, 1.82) is 0 Å². The number of likely N-dealkylation sites (tertiary alicyclic amines) is 1. The Labute approximate surface area is 172 Å². The van der Waals surface area contributed by atoms with E-state index in [-0.39, 0.29) is 17.6 Å². The molecule has 1 aliphatic rings. The van der Waals surface area contributed by atoms with E-state index in [0.29, 0.717) is 21.6 Å². The third-order valence-corrected chi connectivity index (χ3v) is 6.93. The summed E-state index contributed by atoms with van der Waals surface area (Å²) < 4.78 is 3.03. The number of amides is 2. The Morgan fingerprint density at radius 2 is 2.15 bits per heavy atom. The van der Waals surface area contributed by atoms with E-state index in [1.165, 1.54) is 29.5 Å². The molecule has 1 unspecified atom stereocenters. The van der Waals surface area contributed by atoms with Crippen LogP contribution in [0.3, 0.4) is 0 Å². The van der Waals surface area contributed by atoms with E-state index >= 15 is 0 Å². The maximum atomic E-state index is 12.3. The van der Waals surface area contributed by atoms with E-state index in [9.17, 15) is 9.59 Å². The molecule has 8 heteroatoms. The van der Waals surface area contributed by atoms with Gasteiger partial charge < -0.3 is 9.47 Å². The summed E-state index contributed by atoms with van der Waals surface area (Å²) in [7, 11) is 0. The third kappa shape index (κ3) is 4.95. The summed E-state index contributed by atoms with van der Waals surface area (Å²) in [6.45, 7) is 5.68. The largest absolute Gasteiger partial charge is 0.339 e. The van der Waals surface area contributed by atoms with Gasteiger partial charge in [-0.15, -0.1) is 11.8 Å². The molecule has 146 valence electrons. The number of halogens is 1. The minimum absolute atomic E-state index is 0.125. The van der Waals surface area contributed by atoms with Crippen LogP contribution < -0.4 is 4.80 Å². The number of thioether (sulfide) groups is 1. The van der Waals surface area contributed by atoms with E-state index < -0.39 is 0 Å². The Bertz CT molecular complexity index is 906. The molecule has 0 N–H and O–H groups in total. The monoisotopic (exact) mass is 425 g/mol. The summed E-state index contributed by atoms with van der Waals surface area (Å²) in [5.74, 6) is 0.466. The standard InChI is InChI=1S/C19H24ClN3O2S2/c1-3-22-15-8-7-14(20)10-16(15)27-19(22)21-17(24)11-26-12-18(25)23-9-5-4-6-13(23)2/h7-8,10,13H,3-6,9,11-12H2,1-2H3. The number of aromatic nitrogens is 1. The molecular formula is C19H24ClN3O2S2. The second kappa shape index (κ2) is 9.26. The van der Waals surface area contributed by atoms with Gasteiger partial charge in [0, 0.05) is 24.2 Å². The molecule has 0 radical (unpaired) electrons. The quantitative estimate of drug-likeness (QED) is 0.729. The first kappa shape index (κ1) is 20.4. The van der Waals surface area contributed by atoms with Gasteiger partial charge in [0.15, 0.2) is 4.80 Å². The van der Waals surface area contributed by atoms with E-state index in [1.54, 1.807) is 0 Å². The molecule has 1 aromatic carbocycles. The van der Waals surface area contributed by atoms with Crippen molar-refractivity contribution in [3.8, 4) is 0 Å². The molecule has 0 aliphatic carbocycles. The first-order valence-electron chi connectivity index (χ1n) is 9.23. The fourth-order valence-electron chi connectivity index (χ4n) is 3.35. The number of carbonyl (C=O) groups is 2. The highest BCUT2D eigenvalue weighted by molar-refractivity contribution is 8.00. The summed E-state index contributed by atoms with van der Waals surface area (Å²) in [6.07, 6.45) is 3.33. The molecular weight excluding hydrogens is 402 g/mol. The van der Waals surface area contributed by atoms with Gasteiger partial charge in [-0.3, -0.25) is 9.59 Å². The number of nitrogens with zero attached hydrogens (tertiary/aromatic N) is 3. The number of hydrogen-bond acceptors (Lipinski definition) is 4. The molecule has 0 bridgehead atoms. The van der Waals surface area contributed by atoms with E-state index in [2.05, 4.69) is 11.9 Å². The molecule has 1 aliphatic heterocycles. The predicted molar refractivity (Wildman–Crippen MR) is 113 cm³/mol. The van der Waals surface area contributed by atoms with Crippen molar-refractivity contribution in [2.24, 2.45) is 4.99 Å². The van der Waals surface area contributed by atoms with Crippen LogP contribution in [-0.2, 0) is 16.1 Å². The Hall–Kier alpha value is -1.31. The molecule has 3 rings (SSSR count). The van der Waals surface area contributed by atoms with Gasteiger partial charge in [-0.25, -0.2) is 0 Å². The van der Waals surface area contributed by atoms with Crippen LogP contribution >= 0.6 is 34.7 Å². The van der Waals surface area contributed by atoms with Crippen LogP contribution in [0.2, 0.25) is 5.02 Å². The molecule has 0 saturated carbocycles. The fourth-order valence-corrected chi connectivity index (χ4v) is 5.42. The average molecular weight is 426 g/mol. The SMILES string of the molecule is CCn1c(=NC(=O)CSCC(=O)N2CCCCC2C)sc2cc(Cl)ccc21. The number of hydrogen-bond donors (Lipinski definition) is 0. The number of rotatable bonds is 5. The van der Waals surface area contributed by atoms with Gasteiger partial charge in [-0.2, -0.15) is 4.99 Å². The normalized spacial score (nSPS) is 18.3. The highest BCUT2D eigenvalue weighted by Crippen LogP contribution is 2.22. The van der Waals surface area contributed by atoms with E-state index in [4.69, 9.17) is 11.6 Å². The molecule has 1 saturated heterocycles. The highest BCUT2D eigenvalue weighted by Gasteiger charge is 2.22. The van der Waals surface area contributed by atoms with Gasteiger partial charge in [0.05, 0.1) is 21.7 Å². The van der Waals surface area contributed by atoms with Crippen molar-refractivity contribution in [3.63, 3.8) is 0 Å². The lowest BCUT2D eigenvalue weighted by atomic mass is 10.0. The van der Waals surface area contributed by atoms with Crippen molar-refractivity contribution in [2.45, 2.75) is 45.7 Å². The number of thiazole rings is 1. The number of aryl methyl sites for hydroxylation is 1. The molecule has 1 fully saturated rings. The predicted octanol–water partition coefficient (Wildman–Crippen LogP) is 3.94. The van der Waals surface area contributed by atoms with Gasteiger partial charge in [-0.1, -0.05) is 22.9 Å². The van der Waals surface area contributed by atoms with E-state index in [1.807, 2.05) is 34.6 Å². The number of piperidine rings is 1. The minimum atomic E-state index is -0.209. The average Bonchev–Trinajstić information content (AvgIpc) is 2.97. The Morgan fingerprint density at radius 1 is 1.33 bits per heavy atom. The summed E-state index contributed by atoms with van der Waals surface area (Å²) in [5, 5.41) is 0.672. The van der Waals surface area contributed by atoms with Crippen molar-refractivity contribution in [3.05, 3.63) is 28.0 Å². The fraction of sp³-hybridized carbons (Fsp3) is 0.526. The molecule has 0 spiro atoms.